The number of fused-ring (bicyclic) bond motifs is 1. The molecule has 0 radical (unpaired) electrons. The van der Waals surface area contributed by atoms with E-state index in [-0.39, 0.29) is 38.1 Å². The van der Waals surface area contributed by atoms with Crippen LogP contribution in [0.2, 0.25) is 0 Å². The molecule has 5 atom stereocenters. The third-order valence-electron chi connectivity index (χ3n) is 8.02. The summed E-state index contributed by atoms with van der Waals surface area (Å²) in [7, 11) is 0. The summed E-state index contributed by atoms with van der Waals surface area (Å²) in [5, 5.41) is 28.2. The van der Waals surface area contributed by atoms with E-state index in [1.807, 2.05) is 38.1 Å². The minimum atomic E-state index is -1.40. The number of carboxylic acids is 1. The molecule has 1 aliphatic rings. The number of para-hydroxylation sites is 1. The van der Waals surface area contributed by atoms with Crippen molar-refractivity contribution in [3.05, 3.63) is 54.2 Å². The standard InChI is InChI=1S/C31H42N8O7/c1-17(2)10-23(28(42)38-25(15-40)30(44)39-9-5-8-26(39)31(45)46)37-29(43)24(12-19-14-33-16-35-19)36-27(41)21(32)11-18-13-34-22-7-4-3-6-20(18)22/h3-4,6-7,13-14,16-17,21,23-26,34,40H,5,8-12,15,32H2,1-2H3,(H,33,35)(H,36,41)(H,37,43)(H,38,42)(H,45,46)/t21-,23-,24-,25-,26-/m0/s1. The van der Waals surface area contributed by atoms with Crippen molar-refractivity contribution in [3.8, 4) is 0 Å². The maximum atomic E-state index is 13.7. The van der Waals surface area contributed by atoms with E-state index in [9.17, 15) is 34.2 Å². The molecule has 9 N–H and O–H groups in total. The summed E-state index contributed by atoms with van der Waals surface area (Å²) in [5.41, 5.74) is 8.58. The summed E-state index contributed by atoms with van der Waals surface area (Å²) in [6.45, 7) is 3.11. The second kappa shape index (κ2) is 15.5. The third-order valence-corrected chi connectivity index (χ3v) is 8.02. The highest BCUT2D eigenvalue weighted by Gasteiger charge is 2.38. The number of likely N-dealkylation sites (tertiary alicyclic amines) is 1. The van der Waals surface area contributed by atoms with Crippen LogP contribution in [-0.2, 0) is 36.8 Å². The number of hydrogen-bond donors (Lipinski definition) is 8. The summed E-state index contributed by atoms with van der Waals surface area (Å²) in [6, 6.07) is 1.91. The number of aliphatic carboxylic acids is 1. The molecule has 3 heterocycles. The Balaban J connectivity index is 1.46. The molecule has 1 saturated heterocycles. The van der Waals surface area contributed by atoms with Crippen molar-refractivity contribution >= 4 is 40.5 Å². The number of nitrogens with zero attached hydrogens (tertiary/aromatic N) is 2. The smallest absolute Gasteiger partial charge is 0.326 e. The molecule has 4 rings (SSSR count). The Morgan fingerprint density at radius 1 is 1.00 bits per heavy atom. The number of aliphatic hydroxyl groups is 1. The monoisotopic (exact) mass is 638 g/mol. The number of H-pyrrole nitrogens is 2. The minimum Gasteiger partial charge on any atom is -0.480 e. The van der Waals surface area contributed by atoms with Crippen LogP contribution in [0.1, 0.15) is 44.4 Å². The number of aromatic amines is 2. The number of carbonyl (C=O) groups excluding carboxylic acids is 4. The highest BCUT2D eigenvalue weighted by molar-refractivity contribution is 5.96. The Kier molecular flexibility index (Phi) is 11.5. The van der Waals surface area contributed by atoms with Gasteiger partial charge in [0.15, 0.2) is 0 Å². The first-order chi connectivity index (χ1) is 22.0. The lowest BCUT2D eigenvalue weighted by molar-refractivity contribution is -0.150. The molecular weight excluding hydrogens is 596 g/mol. The Morgan fingerprint density at radius 3 is 2.37 bits per heavy atom. The second-order valence-corrected chi connectivity index (χ2v) is 12.0. The molecule has 1 aromatic carbocycles. The number of carboxylic acid groups (broad SMARTS) is 1. The fourth-order valence-corrected chi connectivity index (χ4v) is 5.65. The number of amides is 4. The number of nitrogens with two attached hydrogens (primary N) is 1. The maximum absolute atomic E-state index is 13.7. The average molecular weight is 639 g/mol. The van der Waals surface area contributed by atoms with E-state index in [0.29, 0.717) is 12.1 Å². The quantitative estimate of drug-likeness (QED) is 0.108. The number of nitrogens with one attached hydrogen (secondary N) is 5. The Labute approximate surface area is 265 Å². The van der Waals surface area contributed by atoms with Gasteiger partial charge in [0.05, 0.1) is 19.0 Å². The minimum absolute atomic E-state index is 0.0245. The Bertz CT molecular complexity index is 1520. The topological polar surface area (TPSA) is 236 Å². The fourth-order valence-electron chi connectivity index (χ4n) is 5.65. The first-order valence-corrected chi connectivity index (χ1v) is 15.3. The number of hydrogen-bond acceptors (Lipinski definition) is 8. The first-order valence-electron chi connectivity index (χ1n) is 15.3. The first kappa shape index (κ1) is 34.1. The highest BCUT2D eigenvalue weighted by Crippen LogP contribution is 2.20. The van der Waals surface area contributed by atoms with Gasteiger partial charge in [-0.15, -0.1) is 0 Å². The van der Waals surface area contributed by atoms with E-state index in [1.165, 1.54) is 12.5 Å². The van der Waals surface area contributed by atoms with Crippen molar-refractivity contribution in [2.24, 2.45) is 11.7 Å². The number of benzene rings is 1. The third kappa shape index (κ3) is 8.48. The van der Waals surface area contributed by atoms with Crippen LogP contribution in [0.5, 0.6) is 0 Å². The molecule has 1 fully saturated rings. The van der Waals surface area contributed by atoms with Gasteiger partial charge in [-0.1, -0.05) is 32.0 Å². The van der Waals surface area contributed by atoms with Crippen LogP contribution in [0.4, 0.5) is 0 Å². The number of imidazole rings is 1. The van der Waals surface area contributed by atoms with Gasteiger partial charge in [-0.3, -0.25) is 19.2 Å². The number of rotatable bonds is 15. The van der Waals surface area contributed by atoms with E-state index < -0.39 is 66.4 Å². The SMILES string of the molecule is CC(C)C[C@H](NC(=O)[C@H](Cc1cnc[nH]1)NC(=O)[C@@H](N)Cc1c[nH]c2ccccc12)C(=O)N[C@@H](CO)C(=O)N1CCC[C@H]1C(=O)O. The van der Waals surface area contributed by atoms with Crippen molar-refractivity contribution in [1.29, 1.82) is 0 Å². The summed E-state index contributed by atoms with van der Waals surface area (Å²) >= 11 is 0. The van der Waals surface area contributed by atoms with Crippen molar-refractivity contribution in [3.63, 3.8) is 0 Å². The van der Waals surface area contributed by atoms with Crippen LogP contribution in [0, 0.1) is 5.92 Å². The zero-order valence-electron chi connectivity index (χ0n) is 25.9. The van der Waals surface area contributed by atoms with Gasteiger partial charge in [-0.2, -0.15) is 0 Å². The molecule has 3 aromatic rings. The van der Waals surface area contributed by atoms with Gasteiger partial charge in [0, 0.05) is 42.0 Å². The van der Waals surface area contributed by atoms with Gasteiger partial charge in [0.1, 0.15) is 24.2 Å². The van der Waals surface area contributed by atoms with Gasteiger partial charge in [0.25, 0.3) is 0 Å². The van der Waals surface area contributed by atoms with Crippen molar-refractivity contribution in [2.75, 3.05) is 13.2 Å². The van der Waals surface area contributed by atoms with Crippen LogP contribution in [0.15, 0.2) is 43.0 Å². The fraction of sp³-hybridized carbons (Fsp3) is 0.484. The molecule has 0 aliphatic carbocycles. The van der Waals surface area contributed by atoms with E-state index in [0.717, 1.165) is 21.4 Å². The lowest BCUT2D eigenvalue weighted by Crippen LogP contribution is -2.59. The molecule has 0 saturated carbocycles. The maximum Gasteiger partial charge on any atom is 0.326 e. The van der Waals surface area contributed by atoms with Crippen molar-refractivity contribution in [1.82, 2.24) is 35.8 Å². The lowest BCUT2D eigenvalue weighted by Gasteiger charge is -2.29. The Morgan fingerprint density at radius 2 is 1.70 bits per heavy atom. The molecule has 248 valence electrons. The Hall–Kier alpha value is -4.76. The van der Waals surface area contributed by atoms with Crippen LogP contribution >= 0.6 is 0 Å². The van der Waals surface area contributed by atoms with Crippen LogP contribution in [0.3, 0.4) is 0 Å². The van der Waals surface area contributed by atoms with E-state index in [1.54, 1.807) is 6.20 Å². The zero-order valence-corrected chi connectivity index (χ0v) is 25.9. The van der Waals surface area contributed by atoms with Crippen LogP contribution < -0.4 is 21.7 Å². The lowest BCUT2D eigenvalue weighted by atomic mass is 10.0. The van der Waals surface area contributed by atoms with Crippen LogP contribution in [0.25, 0.3) is 10.9 Å². The predicted octanol–water partition coefficient (Wildman–Crippen LogP) is -0.428. The summed E-state index contributed by atoms with van der Waals surface area (Å²) in [4.78, 5) is 76.2. The molecule has 15 heteroatoms. The van der Waals surface area contributed by atoms with Crippen molar-refractivity contribution in [2.45, 2.75) is 76.2 Å². The molecule has 1 aliphatic heterocycles. The highest BCUT2D eigenvalue weighted by atomic mass is 16.4. The molecule has 2 aromatic heterocycles. The molecule has 46 heavy (non-hydrogen) atoms. The normalized spacial score (nSPS) is 17.3. The number of aromatic nitrogens is 3. The molecule has 0 unspecified atom stereocenters. The van der Waals surface area contributed by atoms with E-state index in [4.69, 9.17) is 5.73 Å². The summed E-state index contributed by atoms with van der Waals surface area (Å²) < 4.78 is 0. The van der Waals surface area contributed by atoms with Gasteiger partial charge in [-0.05, 0) is 43.2 Å². The molecule has 15 nitrogen and oxygen atoms in total. The molecule has 0 spiro atoms. The molecule has 0 bridgehead atoms. The summed E-state index contributed by atoms with van der Waals surface area (Å²) in [6.07, 6.45) is 5.90. The average Bonchev–Trinajstić information content (AvgIpc) is 3.80. The zero-order chi connectivity index (χ0) is 33.4. The molecular formula is C31H42N8O7. The van der Waals surface area contributed by atoms with Crippen LogP contribution in [-0.4, -0.2) is 103 Å². The number of carbonyl (C=O) groups is 5. The van der Waals surface area contributed by atoms with Gasteiger partial charge in [0.2, 0.25) is 23.6 Å². The summed E-state index contributed by atoms with van der Waals surface area (Å²) in [5.74, 6) is -3.92. The van der Waals surface area contributed by atoms with E-state index >= 15 is 0 Å². The second-order valence-electron chi connectivity index (χ2n) is 12.0. The van der Waals surface area contributed by atoms with Crippen molar-refractivity contribution < 1.29 is 34.2 Å². The number of aliphatic hydroxyl groups excluding tert-OH is 1. The largest absolute Gasteiger partial charge is 0.480 e. The predicted molar refractivity (Wildman–Crippen MR) is 167 cm³/mol. The van der Waals surface area contributed by atoms with Gasteiger partial charge in [-0.25, -0.2) is 9.78 Å². The van der Waals surface area contributed by atoms with Gasteiger partial charge < -0.3 is 46.8 Å². The van der Waals surface area contributed by atoms with E-state index in [2.05, 4.69) is 30.9 Å². The molecule has 4 amide bonds. The van der Waals surface area contributed by atoms with Gasteiger partial charge >= 0.3 is 5.97 Å².